The number of rotatable bonds is 2. The standard InChI is InChI=1S/C17H27N/c1-14-9-11-18(12-10-14)13-15-7-5-6-8-16(15)17(2,3)4/h5-8,14H,9-13H2,1-4H3. The molecule has 0 radical (unpaired) electrons. The molecule has 1 heterocycles. The molecule has 0 bridgehead atoms. The summed E-state index contributed by atoms with van der Waals surface area (Å²) in [4.78, 5) is 2.62. The van der Waals surface area contributed by atoms with Crippen molar-refractivity contribution in [1.82, 2.24) is 4.90 Å². The van der Waals surface area contributed by atoms with Crippen molar-refractivity contribution in [3.63, 3.8) is 0 Å². The Hall–Kier alpha value is -0.820. The van der Waals surface area contributed by atoms with Crippen LogP contribution < -0.4 is 0 Å². The van der Waals surface area contributed by atoms with Gasteiger partial charge in [0, 0.05) is 6.54 Å². The maximum Gasteiger partial charge on any atom is 0.0236 e. The van der Waals surface area contributed by atoms with Crippen molar-refractivity contribution in [1.29, 1.82) is 0 Å². The first-order valence-electron chi connectivity index (χ1n) is 7.27. The third-order valence-electron chi connectivity index (χ3n) is 4.10. The highest BCUT2D eigenvalue weighted by Crippen LogP contribution is 2.27. The van der Waals surface area contributed by atoms with Crippen LogP contribution in [-0.2, 0) is 12.0 Å². The molecule has 0 unspecified atom stereocenters. The van der Waals surface area contributed by atoms with Crippen LogP contribution in [0.1, 0.15) is 51.7 Å². The first kappa shape index (κ1) is 13.6. The summed E-state index contributed by atoms with van der Waals surface area (Å²) in [6, 6.07) is 8.94. The van der Waals surface area contributed by atoms with Gasteiger partial charge in [-0.2, -0.15) is 0 Å². The second kappa shape index (κ2) is 5.44. The molecular weight excluding hydrogens is 218 g/mol. The summed E-state index contributed by atoms with van der Waals surface area (Å²) in [6.45, 7) is 13.0. The van der Waals surface area contributed by atoms with Gasteiger partial charge in [0.15, 0.2) is 0 Å². The fourth-order valence-corrected chi connectivity index (χ4v) is 2.85. The predicted molar refractivity (Wildman–Crippen MR) is 78.8 cm³/mol. The number of likely N-dealkylation sites (tertiary alicyclic amines) is 1. The van der Waals surface area contributed by atoms with Crippen molar-refractivity contribution < 1.29 is 0 Å². The molecule has 18 heavy (non-hydrogen) atoms. The summed E-state index contributed by atoms with van der Waals surface area (Å²) in [7, 11) is 0. The van der Waals surface area contributed by atoms with E-state index in [1.807, 2.05) is 0 Å². The second-order valence-electron chi connectivity index (χ2n) is 6.87. The van der Waals surface area contributed by atoms with E-state index in [0.717, 1.165) is 12.5 Å². The zero-order valence-corrected chi connectivity index (χ0v) is 12.4. The van der Waals surface area contributed by atoms with Gasteiger partial charge in [-0.1, -0.05) is 52.0 Å². The Balaban J connectivity index is 2.10. The van der Waals surface area contributed by atoms with Crippen LogP contribution in [0.5, 0.6) is 0 Å². The molecule has 1 nitrogen and oxygen atoms in total. The normalized spacial score (nSPS) is 19.1. The first-order valence-corrected chi connectivity index (χ1v) is 7.27. The molecule has 1 fully saturated rings. The molecule has 0 N–H and O–H groups in total. The number of hydrogen-bond acceptors (Lipinski definition) is 1. The van der Waals surface area contributed by atoms with E-state index in [4.69, 9.17) is 0 Å². The molecule has 1 heteroatoms. The lowest BCUT2D eigenvalue weighted by molar-refractivity contribution is 0.184. The molecule has 0 spiro atoms. The van der Waals surface area contributed by atoms with Crippen molar-refractivity contribution in [2.24, 2.45) is 5.92 Å². The summed E-state index contributed by atoms with van der Waals surface area (Å²) in [5, 5.41) is 0. The molecule has 0 aromatic heterocycles. The van der Waals surface area contributed by atoms with Crippen molar-refractivity contribution in [3.05, 3.63) is 35.4 Å². The van der Waals surface area contributed by atoms with Crippen LogP contribution in [0.4, 0.5) is 0 Å². The highest BCUT2D eigenvalue weighted by atomic mass is 15.1. The summed E-state index contributed by atoms with van der Waals surface area (Å²) in [5.74, 6) is 0.916. The molecule has 0 atom stereocenters. The minimum Gasteiger partial charge on any atom is -0.299 e. The molecule has 1 aromatic carbocycles. The van der Waals surface area contributed by atoms with E-state index in [1.54, 1.807) is 0 Å². The van der Waals surface area contributed by atoms with Crippen LogP contribution in [-0.4, -0.2) is 18.0 Å². The minimum absolute atomic E-state index is 0.250. The van der Waals surface area contributed by atoms with Crippen LogP contribution in [0, 0.1) is 5.92 Å². The Labute approximate surface area is 112 Å². The van der Waals surface area contributed by atoms with Crippen molar-refractivity contribution in [3.8, 4) is 0 Å². The lowest BCUT2D eigenvalue weighted by atomic mass is 9.83. The van der Waals surface area contributed by atoms with E-state index < -0.39 is 0 Å². The quantitative estimate of drug-likeness (QED) is 0.754. The zero-order valence-electron chi connectivity index (χ0n) is 12.4. The third kappa shape index (κ3) is 3.35. The largest absolute Gasteiger partial charge is 0.299 e. The first-order chi connectivity index (χ1) is 8.47. The van der Waals surface area contributed by atoms with Crippen LogP contribution in [0.15, 0.2) is 24.3 Å². The zero-order chi connectivity index (χ0) is 13.2. The van der Waals surface area contributed by atoms with Gasteiger partial charge < -0.3 is 0 Å². The van der Waals surface area contributed by atoms with E-state index in [2.05, 4.69) is 56.9 Å². The smallest absolute Gasteiger partial charge is 0.0236 e. The number of nitrogens with zero attached hydrogens (tertiary/aromatic N) is 1. The van der Waals surface area contributed by atoms with Gasteiger partial charge in [0.2, 0.25) is 0 Å². The molecule has 1 aromatic rings. The lowest BCUT2D eigenvalue weighted by Crippen LogP contribution is -2.33. The van der Waals surface area contributed by atoms with E-state index in [9.17, 15) is 0 Å². The van der Waals surface area contributed by atoms with Crippen molar-refractivity contribution in [2.75, 3.05) is 13.1 Å². The average Bonchev–Trinajstić information content (AvgIpc) is 2.31. The number of benzene rings is 1. The number of hydrogen-bond donors (Lipinski definition) is 0. The Morgan fingerprint density at radius 2 is 1.72 bits per heavy atom. The van der Waals surface area contributed by atoms with Crippen LogP contribution in [0.3, 0.4) is 0 Å². The Kier molecular flexibility index (Phi) is 4.11. The van der Waals surface area contributed by atoms with E-state index in [1.165, 1.54) is 37.1 Å². The van der Waals surface area contributed by atoms with E-state index in [-0.39, 0.29) is 5.41 Å². The third-order valence-corrected chi connectivity index (χ3v) is 4.10. The molecule has 1 saturated heterocycles. The molecule has 1 aliphatic rings. The second-order valence-corrected chi connectivity index (χ2v) is 6.87. The molecular formula is C17H27N. The van der Waals surface area contributed by atoms with Crippen LogP contribution >= 0.6 is 0 Å². The van der Waals surface area contributed by atoms with Crippen LogP contribution in [0.2, 0.25) is 0 Å². The Morgan fingerprint density at radius 1 is 1.11 bits per heavy atom. The van der Waals surface area contributed by atoms with Crippen molar-refractivity contribution in [2.45, 2.75) is 52.5 Å². The van der Waals surface area contributed by atoms with Gasteiger partial charge >= 0.3 is 0 Å². The molecule has 1 aliphatic heterocycles. The topological polar surface area (TPSA) is 3.24 Å². The summed E-state index contributed by atoms with van der Waals surface area (Å²) >= 11 is 0. The molecule has 0 amide bonds. The molecule has 100 valence electrons. The fourth-order valence-electron chi connectivity index (χ4n) is 2.85. The summed E-state index contributed by atoms with van der Waals surface area (Å²) in [5.41, 5.74) is 3.27. The van der Waals surface area contributed by atoms with Crippen molar-refractivity contribution >= 4 is 0 Å². The van der Waals surface area contributed by atoms with E-state index >= 15 is 0 Å². The predicted octanol–water partition coefficient (Wildman–Crippen LogP) is 4.22. The highest BCUT2D eigenvalue weighted by molar-refractivity contribution is 5.32. The monoisotopic (exact) mass is 245 g/mol. The van der Waals surface area contributed by atoms with Gasteiger partial charge in [-0.05, 0) is 48.4 Å². The molecule has 0 aliphatic carbocycles. The lowest BCUT2D eigenvalue weighted by Gasteiger charge is -2.32. The maximum atomic E-state index is 2.62. The Bertz CT molecular complexity index is 381. The van der Waals surface area contributed by atoms with Gasteiger partial charge in [-0.3, -0.25) is 4.90 Å². The summed E-state index contributed by atoms with van der Waals surface area (Å²) < 4.78 is 0. The van der Waals surface area contributed by atoms with E-state index in [0.29, 0.717) is 0 Å². The highest BCUT2D eigenvalue weighted by Gasteiger charge is 2.20. The van der Waals surface area contributed by atoms with Gasteiger partial charge in [0.1, 0.15) is 0 Å². The number of piperidine rings is 1. The molecule has 2 rings (SSSR count). The van der Waals surface area contributed by atoms with Gasteiger partial charge in [-0.15, -0.1) is 0 Å². The Morgan fingerprint density at radius 3 is 2.33 bits per heavy atom. The van der Waals surface area contributed by atoms with Crippen LogP contribution in [0.25, 0.3) is 0 Å². The van der Waals surface area contributed by atoms with Gasteiger partial charge in [-0.25, -0.2) is 0 Å². The minimum atomic E-state index is 0.250. The SMILES string of the molecule is CC1CCN(Cc2ccccc2C(C)(C)C)CC1. The average molecular weight is 245 g/mol. The van der Waals surface area contributed by atoms with Gasteiger partial charge in [0.25, 0.3) is 0 Å². The summed E-state index contributed by atoms with van der Waals surface area (Å²) in [6.07, 6.45) is 2.72. The fraction of sp³-hybridized carbons (Fsp3) is 0.647. The van der Waals surface area contributed by atoms with Gasteiger partial charge in [0.05, 0.1) is 0 Å². The maximum absolute atomic E-state index is 2.62. The molecule has 0 saturated carbocycles.